The van der Waals surface area contributed by atoms with Gasteiger partial charge in [0.2, 0.25) is 6.61 Å². The van der Waals surface area contributed by atoms with Gasteiger partial charge in [-0.1, -0.05) is 11.4 Å². The van der Waals surface area contributed by atoms with E-state index in [-0.39, 0.29) is 6.61 Å². The highest BCUT2D eigenvalue weighted by atomic mass is 31.2. The predicted octanol–water partition coefficient (Wildman–Crippen LogP) is 0.0770. The van der Waals surface area contributed by atoms with Gasteiger partial charge in [-0.25, -0.2) is 0 Å². The van der Waals surface area contributed by atoms with Gasteiger partial charge in [0.1, 0.15) is 0 Å². The summed E-state index contributed by atoms with van der Waals surface area (Å²) >= 11 is 0. The van der Waals surface area contributed by atoms with E-state index in [1.54, 1.807) is 0 Å². The van der Waals surface area contributed by atoms with Crippen LogP contribution in [0.4, 0.5) is 0 Å². The maximum absolute atomic E-state index is 10.5. The zero-order chi connectivity index (χ0) is 8.04. The molecule has 10 heavy (non-hydrogen) atoms. The molecule has 1 atom stereocenters. The summed E-state index contributed by atoms with van der Waals surface area (Å²) in [6, 6.07) is 0. The Bertz CT molecular complexity index is 128. The molecule has 0 saturated carbocycles. The van der Waals surface area contributed by atoms with Crippen molar-refractivity contribution in [1.82, 2.24) is 0 Å². The average Bonchev–Trinajstić information content (AvgIpc) is 1.89. The molecule has 0 aromatic carbocycles. The highest BCUT2D eigenvalue weighted by molar-refractivity contribution is 7.47. The Balaban J connectivity index is 3.38. The van der Waals surface area contributed by atoms with Gasteiger partial charge < -0.3 is 0 Å². The molecule has 0 aliphatic rings. The quantitative estimate of drug-likeness (QED) is 0.265. The van der Waals surface area contributed by atoms with Crippen molar-refractivity contribution in [2.45, 2.75) is 19.8 Å². The van der Waals surface area contributed by atoms with E-state index in [0.717, 1.165) is 12.8 Å². The van der Waals surface area contributed by atoms with E-state index >= 15 is 0 Å². The van der Waals surface area contributed by atoms with E-state index in [2.05, 4.69) is 15.0 Å². The van der Waals surface area contributed by atoms with Gasteiger partial charge in [-0.15, -0.1) is 0 Å². The van der Waals surface area contributed by atoms with Gasteiger partial charge in [-0.2, -0.15) is 10.5 Å². The van der Waals surface area contributed by atoms with Crippen LogP contribution in [0.25, 0.3) is 0 Å². The summed E-state index contributed by atoms with van der Waals surface area (Å²) in [7, 11) is -3.81. The Labute approximate surface area is 59.7 Å². The van der Waals surface area contributed by atoms with Crippen molar-refractivity contribution in [1.29, 1.82) is 0 Å². The Morgan fingerprint density at radius 1 is 1.80 bits per heavy atom. The van der Waals surface area contributed by atoms with Crippen LogP contribution in [0.3, 0.4) is 0 Å². The van der Waals surface area contributed by atoms with Crippen LogP contribution in [0.5, 0.6) is 0 Å². The summed E-state index contributed by atoms with van der Waals surface area (Å²) in [4.78, 5) is 8.60. The van der Waals surface area contributed by atoms with Crippen molar-refractivity contribution in [3.05, 3.63) is 0 Å². The molecule has 61 valence electrons. The standard InChI is InChI=1S/C4H12NO4P/c1-2-3-4-8-10(6,7)9-5/h2-4H2,1,5H3/q+1/p+1. The van der Waals surface area contributed by atoms with Crippen LogP contribution in [0.1, 0.15) is 19.8 Å². The molecule has 6 heteroatoms. The van der Waals surface area contributed by atoms with Crippen molar-refractivity contribution in [2.75, 3.05) is 6.61 Å². The molecule has 0 aliphatic heterocycles. The Morgan fingerprint density at radius 2 is 2.40 bits per heavy atom. The Hall–Kier alpha value is 0.0700. The van der Waals surface area contributed by atoms with Gasteiger partial charge in [-0.3, -0.25) is 4.89 Å². The van der Waals surface area contributed by atoms with Gasteiger partial charge >= 0.3 is 7.82 Å². The van der Waals surface area contributed by atoms with Gasteiger partial charge in [0.15, 0.2) is 0 Å². The summed E-state index contributed by atoms with van der Waals surface area (Å²) in [5.41, 5.74) is 0. The fourth-order valence-electron chi connectivity index (χ4n) is 0.362. The van der Waals surface area contributed by atoms with E-state index in [0.29, 0.717) is 0 Å². The van der Waals surface area contributed by atoms with Crippen molar-refractivity contribution < 1.29 is 24.5 Å². The summed E-state index contributed by atoms with van der Waals surface area (Å²) in [5, 5.41) is 0. The maximum atomic E-state index is 10.5. The molecule has 0 aromatic rings. The highest BCUT2D eigenvalue weighted by Gasteiger charge is 2.38. The molecule has 0 amide bonds. The van der Waals surface area contributed by atoms with E-state index < -0.39 is 7.82 Å². The van der Waals surface area contributed by atoms with Crippen molar-refractivity contribution in [3.8, 4) is 0 Å². The zero-order valence-corrected chi connectivity index (χ0v) is 6.84. The van der Waals surface area contributed by atoms with Crippen LogP contribution in [0.15, 0.2) is 0 Å². The monoisotopic (exact) mass is 170 g/mol. The van der Waals surface area contributed by atoms with Crippen LogP contribution in [0.2, 0.25) is 0 Å². The van der Waals surface area contributed by atoms with E-state index in [1.165, 1.54) is 0 Å². The summed E-state index contributed by atoms with van der Waals surface area (Å²) in [6.45, 7) is 2.19. The fourth-order valence-corrected chi connectivity index (χ4v) is 0.796. The van der Waals surface area contributed by atoms with Crippen molar-refractivity contribution in [3.63, 3.8) is 0 Å². The van der Waals surface area contributed by atoms with E-state index in [9.17, 15) is 4.57 Å². The molecular weight excluding hydrogens is 157 g/mol. The largest absolute Gasteiger partial charge is 0.754 e. The first-order valence-corrected chi connectivity index (χ1v) is 4.53. The van der Waals surface area contributed by atoms with Crippen LogP contribution >= 0.6 is 7.82 Å². The zero-order valence-electron chi connectivity index (χ0n) is 5.95. The third kappa shape index (κ3) is 4.90. The molecule has 0 saturated heterocycles. The van der Waals surface area contributed by atoms with E-state index in [1.807, 2.05) is 6.92 Å². The summed E-state index contributed by atoms with van der Waals surface area (Å²) < 4.78 is 18.9. The lowest BCUT2D eigenvalue weighted by Crippen LogP contribution is -2.47. The molecule has 4 N–H and O–H groups in total. The third-order valence-electron chi connectivity index (χ3n) is 0.915. The first kappa shape index (κ1) is 10.1. The SMILES string of the molecule is CCCC[O+]P(=O)(O)O[NH3+]. The number of phosphoric acid groups is 1. The van der Waals surface area contributed by atoms with Gasteiger partial charge in [0.25, 0.3) is 0 Å². The molecule has 0 rings (SSSR count). The van der Waals surface area contributed by atoms with Crippen molar-refractivity contribution in [2.24, 2.45) is 0 Å². The van der Waals surface area contributed by atoms with Crippen LogP contribution in [-0.4, -0.2) is 11.5 Å². The first-order chi connectivity index (χ1) is 4.62. The average molecular weight is 170 g/mol. The first-order valence-electron chi connectivity index (χ1n) is 3.03. The fraction of sp³-hybridized carbons (Fsp3) is 1.00. The van der Waals surface area contributed by atoms with Crippen LogP contribution in [0, 0.1) is 0 Å². The topological polar surface area (TPSA) is 85.5 Å². The number of hydrogen-bond acceptors (Lipinski definition) is 3. The number of hydrogen-bond donors (Lipinski definition) is 2. The Kier molecular flexibility index (Phi) is 4.85. The number of rotatable bonds is 5. The minimum Gasteiger partial charge on any atom is -0.253 e. The molecule has 0 aromatic heterocycles. The molecule has 1 unspecified atom stereocenters. The normalized spacial score (nSPS) is 16.7. The number of unbranched alkanes of at least 4 members (excludes halogenated alkanes) is 1. The van der Waals surface area contributed by atoms with Gasteiger partial charge in [0.05, 0.1) is 0 Å². The third-order valence-corrected chi connectivity index (χ3v) is 1.75. The van der Waals surface area contributed by atoms with Crippen LogP contribution in [-0.2, 0) is 13.7 Å². The maximum Gasteiger partial charge on any atom is 0.754 e. The van der Waals surface area contributed by atoms with Gasteiger partial charge in [0, 0.05) is 6.42 Å². The lowest BCUT2D eigenvalue weighted by Gasteiger charge is -1.89. The lowest BCUT2D eigenvalue weighted by atomic mass is 10.4. The summed E-state index contributed by atoms with van der Waals surface area (Å²) in [6.07, 6.45) is 1.66. The molecule has 0 heterocycles. The smallest absolute Gasteiger partial charge is 0.253 e. The predicted molar refractivity (Wildman–Crippen MR) is 34.7 cm³/mol. The molecule has 0 aliphatic carbocycles. The molecule has 5 nitrogen and oxygen atoms in total. The molecule has 1 radical (unpaired) electrons. The molecular formula is C4H13NO4P+2. The Morgan fingerprint density at radius 3 is 2.80 bits per heavy atom. The number of phosphoric ester groups is 1. The minimum absolute atomic E-state index is 0.236. The van der Waals surface area contributed by atoms with Gasteiger partial charge in [-0.05, 0) is 11.0 Å². The van der Waals surface area contributed by atoms with E-state index in [4.69, 9.17) is 4.89 Å². The second-order valence-electron chi connectivity index (χ2n) is 1.78. The minimum atomic E-state index is -3.81. The highest BCUT2D eigenvalue weighted by Crippen LogP contribution is 2.39. The second-order valence-corrected chi connectivity index (χ2v) is 3.24. The second kappa shape index (κ2) is 4.82. The van der Waals surface area contributed by atoms with Crippen molar-refractivity contribution >= 4 is 7.82 Å². The lowest BCUT2D eigenvalue weighted by molar-refractivity contribution is -0.643. The molecule has 0 bridgehead atoms. The van der Waals surface area contributed by atoms with Crippen LogP contribution < -0.4 is 5.90 Å². The number of quaternary nitrogens is 1. The molecule has 0 fully saturated rings. The summed E-state index contributed by atoms with van der Waals surface area (Å²) in [5.74, 6) is 2.80. The molecule has 0 spiro atoms.